The molecule has 2 aromatic heterocycles. The van der Waals surface area contributed by atoms with Gasteiger partial charge >= 0.3 is 6.09 Å². The number of amides is 1. The zero-order chi connectivity index (χ0) is 25.6. The predicted molar refractivity (Wildman–Crippen MR) is 139 cm³/mol. The van der Waals surface area contributed by atoms with Gasteiger partial charge in [-0.15, -0.1) is 0 Å². The monoisotopic (exact) mass is 500 g/mol. The van der Waals surface area contributed by atoms with E-state index in [4.69, 9.17) is 14.1 Å². The number of furan rings is 1. The summed E-state index contributed by atoms with van der Waals surface area (Å²) >= 11 is 0. The van der Waals surface area contributed by atoms with Gasteiger partial charge in [-0.25, -0.2) is 4.79 Å². The molecule has 1 unspecified atom stereocenters. The molecule has 1 aliphatic carbocycles. The number of hydrogen-bond donors (Lipinski definition) is 3. The molecule has 1 saturated carbocycles. The Balaban J connectivity index is 1.49. The van der Waals surface area contributed by atoms with Gasteiger partial charge in [-0.3, -0.25) is 0 Å². The van der Waals surface area contributed by atoms with Crippen molar-refractivity contribution in [2.75, 3.05) is 25.1 Å². The van der Waals surface area contributed by atoms with Crippen LogP contribution in [0.2, 0.25) is 0 Å². The fraction of sp³-hybridized carbons (Fsp3) is 0.321. The quantitative estimate of drug-likeness (QED) is 0.346. The van der Waals surface area contributed by atoms with E-state index in [0.717, 1.165) is 41.5 Å². The van der Waals surface area contributed by atoms with Crippen molar-refractivity contribution in [2.45, 2.75) is 37.3 Å². The summed E-state index contributed by atoms with van der Waals surface area (Å²) in [4.78, 5) is 22.7. The summed E-state index contributed by atoms with van der Waals surface area (Å²) in [5.41, 5.74) is 3.42. The maximum Gasteiger partial charge on any atom is 0.405 e. The van der Waals surface area contributed by atoms with Crippen molar-refractivity contribution >= 4 is 23.1 Å². The van der Waals surface area contributed by atoms with Crippen LogP contribution < -0.4 is 15.0 Å². The lowest BCUT2D eigenvalue weighted by Gasteiger charge is -2.42. The second-order valence-electron chi connectivity index (χ2n) is 9.72. The number of aromatic nitrogens is 2. The molecule has 3 N–H and O–H groups in total. The van der Waals surface area contributed by atoms with Gasteiger partial charge in [0.05, 0.1) is 18.8 Å². The molecule has 0 bridgehead atoms. The van der Waals surface area contributed by atoms with Crippen LogP contribution in [0.5, 0.6) is 5.88 Å². The molecule has 2 aromatic carbocycles. The van der Waals surface area contributed by atoms with Gasteiger partial charge < -0.3 is 29.6 Å². The van der Waals surface area contributed by atoms with Crippen LogP contribution in [-0.2, 0) is 5.54 Å². The summed E-state index contributed by atoms with van der Waals surface area (Å²) in [7, 11) is 1.58. The zero-order valence-corrected chi connectivity index (χ0v) is 20.5. The van der Waals surface area contributed by atoms with Crippen molar-refractivity contribution in [3.8, 4) is 28.3 Å². The summed E-state index contributed by atoms with van der Waals surface area (Å²) in [5.74, 6) is 1.50. The van der Waals surface area contributed by atoms with Crippen molar-refractivity contribution < 1.29 is 24.2 Å². The summed E-state index contributed by atoms with van der Waals surface area (Å²) in [6.45, 7) is 1.11. The number of aliphatic hydroxyl groups excluding tert-OH is 1. The number of hydrogen-bond acceptors (Lipinski definition) is 7. The Hall–Kier alpha value is -4.11. The molecular weight excluding hydrogens is 472 g/mol. The van der Waals surface area contributed by atoms with Crippen LogP contribution in [0.25, 0.3) is 33.6 Å². The standard InChI is InChI=1S/C28H28N4O5/c1-36-24-22-21(17-6-3-2-4-7-17)23(37-25(22)30-26(29-24)32-15-12-20(33)16-32)18-8-10-19(11-9-18)28(13-5-14-28)31-27(34)35/h2-4,6-11,20,31,33H,5,12-16H2,1H3,(H,34,35). The summed E-state index contributed by atoms with van der Waals surface area (Å²) < 4.78 is 12.1. The number of benzene rings is 2. The van der Waals surface area contributed by atoms with Crippen molar-refractivity contribution in [2.24, 2.45) is 0 Å². The summed E-state index contributed by atoms with van der Waals surface area (Å²) in [6.07, 6.45) is 1.77. The lowest BCUT2D eigenvalue weighted by Crippen LogP contribution is -2.50. The molecule has 190 valence electrons. The van der Waals surface area contributed by atoms with Crippen LogP contribution >= 0.6 is 0 Å². The topological polar surface area (TPSA) is 121 Å². The van der Waals surface area contributed by atoms with Crippen molar-refractivity contribution in [1.82, 2.24) is 15.3 Å². The molecule has 9 heteroatoms. The van der Waals surface area contributed by atoms with Crippen LogP contribution in [0.1, 0.15) is 31.2 Å². The highest BCUT2D eigenvalue weighted by Gasteiger charge is 2.40. The van der Waals surface area contributed by atoms with Crippen molar-refractivity contribution in [3.05, 3.63) is 60.2 Å². The molecule has 37 heavy (non-hydrogen) atoms. The highest BCUT2D eigenvalue weighted by Crippen LogP contribution is 2.46. The highest BCUT2D eigenvalue weighted by atomic mass is 16.5. The first-order chi connectivity index (χ1) is 18.0. The Labute approximate surface area is 213 Å². The van der Waals surface area contributed by atoms with E-state index in [1.54, 1.807) is 7.11 Å². The molecule has 2 fully saturated rings. The molecule has 6 rings (SSSR count). The Morgan fingerprint density at radius 3 is 2.46 bits per heavy atom. The van der Waals surface area contributed by atoms with Crippen molar-refractivity contribution in [1.29, 1.82) is 0 Å². The Kier molecular flexibility index (Phi) is 5.72. The van der Waals surface area contributed by atoms with Crippen LogP contribution in [0.4, 0.5) is 10.7 Å². The number of carbonyl (C=O) groups is 1. The molecule has 3 heterocycles. The van der Waals surface area contributed by atoms with Gasteiger partial charge in [-0.05, 0) is 36.8 Å². The minimum Gasteiger partial charge on any atom is -0.480 e. The number of ether oxygens (including phenoxy) is 1. The molecule has 1 amide bonds. The second kappa shape index (κ2) is 9.08. The number of β-amino-alcohol motifs (C(OH)–C–C–N with tert-alkyl or cyclic N) is 1. The highest BCUT2D eigenvalue weighted by molar-refractivity contribution is 6.03. The first kappa shape index (κ1) is 23.3. The third kappa shape index (κ3) is 4.05. The summed E-state index contributed by atoms with van der Waals surface area (Å²) in [6, 6.07) is 17.7. The summed E-state index contributed by atoms with van der Waals surface area (Å²) in [5, 5.41) is 22.7. The number of fused-ring (bicyclic) bond motifs is 1. The fourth-order valence-electron chi connectivity index (χ4n) is 5.42. The number of aliphatic hydroxyl groups is 1. The fourth-order valence-corrected chi connectivity index (χ4v) is 5.42. The Morgan fingerprint density at radius 2 is 1.86 bits per heavy atom. The molecule has 0 spiro atoms. The van der Waals surface area contributed by atoms with E-state index >= 15 is 0 Å². The van der Waals surface area contributed by atoms with Gasteiger partial charge in [0, 0.05) is 24.2 Å². The molecule has 2 aliphatic rings. The number of carboxylic acid groups (broad SMARTS) is 1. The van der Waals surface area contributed by atoms with E-state index in [2.05, 4.69) is 10.3 Å². The van der Waals surface area contributed by atoms with Crippen LogP contribution in [0.15, 0.2) is 59.0 Å². The smallest absolute Gasteiger partial charge is 0.405 e. The molecule has 0 radical (unpaired) electrons. The van der Waals surface area contributed by atoms with E-state index < -0.39 is 17.7 Å². The number of methoxy groups -OCH3 is 1. The molecule has 1 aliphatic heterocycles. The minimum atomic E-state index is -1.01. The zero-order valence-electron chi connectivity index (χ0n) is 20.5. The lowest BCUT2D eigenvalue weighted by atomic mass is 9.72. The van der Waals surface area contributed by atoms with Crippen LogP contribution in [0, 0.1) is 0 Å². The molecular formula is C28H28N4O5. The van der Waals surface area contributed by atoms with Gasteiger partial charge in [0.25, 0.3) is 0 Å². The third-order valence-electron chi connectivity index (χ3n) is 7.46. The first-order valence-electron chi connectivity index (χ1n) is 12.5. The third-order valence-corrected chi connectivity index (χ3v) is 7.46. The average molecular weight is 501 g/mol. The maximum absolute atomic E-state index is 11.4. The van der Waals surface area contributed by atoms with E-state index in [1.165, 1.54) is 0 Å². The van der Waals surface area contributed by atoms with Gasteiger partial charge in [0.15, 0.2) is 0 Å². The van der Waals surface area contributed by atoms with Gasteiger partial charge in [0.2, 0.25) is 17.5 Å². The van der Waals surface area contributed by atoms with E-state index in [-0.39, 0.29) is 0 Å². The normalized spacial score (nSPS) is 18.5. The van der Waals surface area contributed by atoms with E-state index in [1.807, 2.05) is 59.5 Å². The van der Waals surface area contributed by atoms with E-state index in [0.29, 0.717) is 48.2 Å². The first-order valence-corrected chi connectivity index (χ1v) is 12.5. The number of rotatable bonds is 6. The van der Waals surface area contributed by atoms with Crippen molar-refractivity contribution in [3.63, 3.8) is 0 Å². The average Bonchev–Trinajstić information content (AvgIpc) is 3.50. The van der Waals surface area contributed by atoms with Gasteiger partial charge in [-0.2, -0.15) is 9.97 Å². The van der Waals surface area contributed by atoms with Gasteiger partial charge in [0.1, 0.15) is 11.1 Å². The molecule has 1 atom stereocenters. The number of nitrogens with zero attached hydrogens (tertiary/aromatic N) is 3. The Morgan fingerprint density at radius 1 is 1.11 bits per heavy atom. The van der Waals surface area contributed by atoms with Crippen LogP contribution in [0.3, 0.4) is 0 Å². The van der Waals surface area contributed by atoms with Crippen LogP contribution in [-0.4, -0.2) is 52.6 Å². The predicted octanol–water partition coefficient (Wildman–Crippen LogP) is 4.78. The lowest BCUT2D eigenvalue weighted by molar-refractivity contribution is 0.144. The molecule has 1 saturated heterocycles. The maximum atomic E-state index is 11.4. The van der Waals surface area contributed by atoms with Gasteiger partial charge in [-0.1, -0.05) is 54.6 Å². The minimum absolute atomic E-state index is 0.407. The number of anilines is 1. The van der Waals surface area contributed by atoms with E-state index in [9.17, 15) is 15.0 Å². The molecule has 9 nitrogen and oxygen atoms in total. The number of nitrogens with one attached hydrogen (secondary N) is 1. The largest absolute Gasteiger partial charge is 0.480 e. The Bertz CT molecular complexity index is 1450. The SMILES string of the molecule is COc1nc(N2CCC(O)C2)nc2oc(-c3ccc(C4(NC(=O)O)CCC4)cc3)c(-c3ccccc3)c12. The second-order valence-corrected chi connectivity index (χ2v) is 9.72. The molecule has 4 aromatic rings.